The van der Waals surface area contributed by atoms with E-state index in [1.54, 1.807) is 18.2 Å². The van der Waals surface area contributed by atoms with Crippen LogP contribution in [0, 0.1) is 0 Å². The lowest BCUT2D eigenvalue weighted by Gasteiger charge is -2.39. The van der Waals surface area contributed by atoms with E-state index in [-0.39, 0.29) is 29.7 Å². The molecule has 1 fully saturated rings. The maximum Gasteiger partial charge on any atom is 0.403 e. The summed E-state index contributed by atoms with van der Waals surface area (Å²) < 4.78 is 38.6. The summed E-state index contributed by atoms with van der Waals surface area (Å²) in [4.78, 5) is 8.06. The number of halogens is 4. The van der Waals surface area contributed by atoms with Crippen molar-refractivity contribution in [1.29, 1.82) is 0 Å². The molecule has 1 saturated heterocycles. The highest BCUT2D eigenvalue weighted by Crippen LogP contribution is 2.25. The highest BCUT2D eigenvalue weighted by atomic mass is 127. The molecular weight excluding hydrogens is 472 g/mol. The van der Waals surface area contributed by atoms with Crippen LogP contribution in [0.2, 0.25) is 0 Å². The number of alkyl halides is 3. The fourth-order valence-electron chi connectivity index (χ4n) is 2.96. The Morgan fingerprint density at radius 2 is 1.93 bits per heavy atom. The molecule has 1 aliphatic rings. The topological polar surface area (TPSA) is 51.1 Å². The van der Waals surface area contributed by atoms with Crippen molar-refractivity contribution in [2.24, 2.45) is 4.99 Å². The minimum absolute atomic E-state index is 0. The number of hydrogen-bond donors (Lipinski definition) is 2. The smallest absolute Gasteiger partial charge is 0.403 e. The maximum atomic E-state index is 12.9. The number of phenols is 1. The Kier molecular flexibility index (Phi) is 9.65. The highest BCUT2D eigenvalue weighted by Gasteiger charge is 2.41. The summed E-state index contributed by atoms with van der Waals surface area (Å²) in [6.45, 7) is 6.16. The Labute approximate surface area is 175 Å². The van der Waals surface area contributed by atoms with Crippen molar-refractivity contribution in [3.63, 3.8) is 0 Å². The van der Waals surface area contributed by atoms with Crippen molar-refractivity contribution in [3.8, 4) is 5.75 Å². The van der Waals surface area contributed by atoms with E-state index in [0.717, 1.165) is 11.5 Å². The Bertz CT molecular complexity index is 605. The first-order valence-corrected chi connectivity index (χ1v) is 8.93. The van der Waals surface area contributed by atoms with Crippen molar-refractivity contribution in [2.75, 3.05) is 39.3 Å². The first-order valence-electron chi connectivity index (χ1n) is 8.93. The molecule has 9 heteroatoms. The molecule has 2 N–H and O–H groups in total. The minimum atomic E-state index is -4.19. The van der Waals surface area contributed by atoms with E-state index in [4.69, 9.17) is 0 Å². The molecule has 1 aliphatic heterocycles. The van der Waals surface area contributed by atoms with Gasteiger partial charge in [-0.05, 0) is 38.0 Å². The molecule has 0 radical (unpaired) electrons. The van der Waals surface area contributed by atoms with E-state index in [1.807, 2.05) is 17.9 Å². The molecule has 5 nitrogen and oxygen atoms in total. The number of hydrogen-bond acceptors (Lipinski definition) is 3. The van der Waals surface area contributed by atoms with E-state index in [9.17, 15) is 18.3 Å². The van der Waals surface area contributed by atoms with E-state index < -0.39 is 12.2 Å². The summed E-state index contributed by atoms with van der Waals surface area (Å²) >= 11 is 0. The number of aliphatic imine (C=N–C) groups is 1. The van der Waals surface area contributed by atoms with E-state index in [1.165, 1.54) is 11.8 Å². The number of benzene rings is 1. The Balaban J connectivity index is 0.00000364. The van der Waals surface area contributed by atoms with Gasteiger partial charge in [-0.25, -0.2) is 0 Å². The van der Waals surface area contributed by atoms with Crippen molar-refractivity contribution in [3.05, 3.63) is 29.8 Å². The zero-order chi connectivity index (χ0) is 19.2. The molecule has 0 saturated carbocycles. The molecule has 0 bridgehead atoms. The molecule has 1 atom stereocenters. The second kappa shape index (κ2) is 10.9. The number of nitrogens with zero attached hydrogens (tertiary/aromatic N) is 3. The van der Waals surface area contributed by atoms with Crippen LogP contribution in [0.15, 0.2) is 29.3 Å². The second-order valence-electron chi connectivity index (χ2n) is 6.40. The average Bonchev–Trinajstić information content (AvgIpc) is 2.60. The molecule has 1 unspecified atom stereocenters. The first-order chi connectivity index (χ1) is 12.3. The monoisotopic (exact) mass is 500 g/mol. The van der Waals surface area contributed by atoms with Gasteiger partial charge < -0.3 is 15.3 Å². The molecule has 27 heavy (non-hydrogen) atoms. The average molecular weight is 500 g/mol. The SMILES string of the molecule is CCNC(=NCCc1cccc(O)c1)N1CCN(C(C)C(F)(F)F)CC1.I. The lowest BCUT2D eigenvalue weighted by molar-refractivity contribution is -0.181. The summed E-state index contributed by atoms with van der Waals surface area (Å²) in [5.74, 6) is 0.959. The van der Waals surface area contributed by atoms with Crippen LogP contribution >= 0.6 is 24.0 Å². The van der Waals surface area contributed by atoms with Gasteiger partial charge in [-0.2, -0.15) is 13.2 Å². The Morgan fingerprint density at radius 3 is 2.48 bits per heavy atom. The molecule has 1 aromatic carbocycles. The fraction of sp³-hybridized carbons (Fsp3) is 0.611. The first kappa shape index (κ1) is 23.8. The molecule has 0 amide bonds. The van der Waals surface area contributed by atoms with Crippen molar-refractivity contribution < 1.29 is 18.3 Å². The van der Waals surface area contributed by atoms with Crippen LogP contribution in [0.5, 0.6) is 5.75 Å². The van der Waals surface area contributed by atoms with Gasteiger partial charge in [0.05, 0.1) is 0 Å². The molecule has 0 aromatic heterocycles. The summed E-state index contributed by atoms with van der Waals surface area (Å²) in [5, 5.41) is 12.7. The van der Waals surface area contributed by atoms with Crippen molar-refractivity contribution in [2.45, 2.75) is 32.5 Å². The zero-order valence-electron chi connectivity index (χ0n) is 15.7. The number of rotatable bonds is 5. The van der Waals surface area contributed by atoms with E-state index in [0.29, 0.717) is 45.7 Å². The number of guanidine groups is 1. The van der Waals surface area contributed by atoms with Crippen molar-refractivity contribution >= 4 is 29.9 Å². The van der Waals surface area contributed by atoms with Crippen molar-refractivity contribution in [1.82, 2.24) is 15.1 Å². The highest BCUT2D eigenvalue weighted by molar-refractivity contribution is 14.0. The van der Waals surface area contributed by atoms with Gasteiger partial charge in [0.1, 0.15) is 11.8 Å². The van der Waals surface area contributed by atoms with Gasteiger partial charge in [0, 0.05) is 39.3 Å². The summed E-state index contributed by atoms with van der Waals surface area (Å²) in [6, 6.07) is 5.63. The number of aromatic hydroxyl groups is 1. The molecular formula is C18H28F3IN4O. The molecule has 1 heterocycles. The number of piperazine rings is 1. The maximum absolute atomic E-state index is 12.9. The largest absolute Gasteiger partial charge is 0.508 e. The van der Waals surface area contributed by atoms with Gasteiger partial charge in [-0.3, -0.25) is 9.89 Å². The van der Waals surface area contributed by atoms with Crippen LogP contribution in [0.4, 0.5) is 13.2 Å². The summed E-state index contributed by atoms with van der Waals surface area (Å²) in [7, 11) is 0. The van der Waals surface area contributed by atoms with Crippen LogP contribution in [0.1, 0.15) is 19.4 Å². The van der Waals surface area contributed by atoms with Gasteiger partial charge in [-0.15, -0.1) is 24.0 Å². The predicted octanol–water partition coefficient (Wildman–Crippen LogP) is 3.09. The van der Waals surface area contributed by atoms with Crippen LogP contribution in [-0.4, -0.2) is 72.4 Å². The van der Waals surface area contributed by atoms with E-state index in [2.05, 4.69) is 10.3 Å². The molecule has 1 aromatic rings. The van der Waals surface area contributed by atoms with Crippen LogP contribution < -0.4 is 5.32 Å². The Morgan fingerprint density at radius 1 is 1.26 bits per heavy atom. The number of phenolic OH excluding ortho intramolecular Hbond substituents is 1. The third-order valence-corrected chi connectivity index (χ3v) is 4.54. The fourth-order valence-corrected chi connectivity index (χ4v) is 2.96. The zero-order valence-corrected chi connectivity index (χ0v) is 18.0. The van der Waals surface area contributed by atoms with Crippen LogP contribution in [0.25, 0.3) is 0 Å². The van der Waals surface area contributed by atoms with Gasteiger partial charge >= 0.3 is 6.18 Å². The third kappa shape index (κ3) is 7.36. The molecule has 154 valence electrons. The third-order valence-electron chi connectivity index (χ3n) is 4.54. The van der Waals surface area contributed by atoms with Gasteiger partial charge in [-0.1, -0.05) is 12.1 Å². The quantitative estimate of drug-likeness (QED) is 0.371. The molecule has 2 rings (SSSR count). The lowest BCUT2D eigenvalue weighted by atomic mass is 10.1. The summed E-state index contributed by atoms with van der Waals surface area (Å²) in [6.07, 6.45) is -3.50. The van der Waals surface area contributed by atoms with Gasteiger partial charge in [0.25, 0.3) is 0 Å². The number of nitrogens with one attached hydrogen (secondary N) is 1. The standard InChI is InChI=1S/C18H27F3N4O.HI/c1-3-22-17(23-8-7-15-5-4-6-16(26)13-15)25-11-9-24(10-12-25)14(2)18(19,20)21;/h4-6,13-14,26H,3,7-12H2,1-2H3,(H,22,23);1H. The second-order valence-corrected chi connectivity index (χ2v) is 6.40. The summed E-state index contributed by atoms with van der Waals surface area (Å²) in [5.41, 5.74) is 0.994. The molecule has 0 spiro atoms. The van der Waals surface area contributed by atoms with Crippen LogP contribution in [0.3, 0.4) is 0 Å². The predicted molar refractivity (Wildman–Crippen MR) is 112 cm³/mol. The van der Waals surface area contributed by atoms with Gasteiger partial charge in [0.15, 0.2) is 5.96 Å². The normalized spacial score (nSPS) is 17.4. The lowest BCUT2D eigenvalue weighted by Crippen LogP contribution is -2.56. The van der Waals surface area contributed by atoms with Crippen LogP contribution in [-0.2, 0) is 6.42 Å². The Hall–Kier alpha value is -1.23. The molecule has 0 aliphatic carbocycles. The van der Waals surface area contributed by atoms with Gasteiger partial charge in [0.2, 0.25) is 0 Å². The minimum Gasteiger partial charge on any atom is -0.508 e. The van der Waals surface area contributed by atoms with E-state index >= 15 is 0 Å².